The molecule has 1 aliphatic carbocycles. The maximum atomic E-state index is 5.30. The van der Waals surface area contributed by atoms with E-state index < -0.39 is 0 Å². The summed E-state index contributed by atoms with van der Waals surface area (Å²) in [5.74, 6) is 0. The molecule has 0 unspecified atom stereocenters. The highest BCUT2D eigenvalue weighted by atomic mass is 16.5. The van der Waals surface area contributed by atoms with Gasteiger partial charge in [-0.15, -0.1) is 0 Å². The van der Waals surface area contributed by atoms with E-state index in [1.165, 1.54) is 45.1 Å². The van der Waals surface area contributed by atoms with Crippen molar-refractivity contribution in [2.45, 2.75) is 57.9 Å². The fraction of sp³-hybridized carbons (Fsp3) is 1.00. The third-order valence-electron chi connectivity index (χ3n) is 3.47. The van der Waals surface area contributed by atoms with Crippen molar-refractivity contribution in [3.8, 4) is 0 Å². The first-order valence-electron chi connectivity index (χ1n) is 5.97. The Labute approximate surface area is 88.6 Å². The zero-order chi connectivity index (χ0) is 10.4. The van der Waals surface area contributed by atoms with Crippen LogP contribution in [0.5, 0.6) is 0 Å². The number of nitrogens with zero attached hydrogens (tertiary/aromatic N) is 1. The van der Waals surface area contributed by atoms with Gasteiger partial charge in [0.05, 0.1) is 6.73 Å². The minimum atomic E-state index is 0.407. The topological polar surface area (TPSA) is 12.5 Å². The minimum Gasteiger partial charge on any atom is -0.369 e. The Kier molecular flexibility index (Phi) is 4.90. The first-order valence-corrected chi connectivity index (χ1v) is 5.97. The van der Waals surface area contributed by atoms with Gasteiger partial charge in [0, 0.05) is 19.2 Å². The lowest BCUT2D eigenvalue weighted by Gasteiger charge is -2.43. The SMILES string of the molecule is CCCN(COC)C1(C)CCCCC1. The molecule has 0 aromatic heterocycles. The zero-order valence-corrected chi connectivity index (χ0v) is 10.0. The van der Waals surface area contributed by atoms with Crippen molar-refractivity contribution in [1.82, 2.24) is 4.90 Å². The van der Waals surface area contributed by atoms with E-state index >= 15 is 0 Å². The van der Waals surface area contributed by atoms with Crippen LogP contribution in [0.2, 0.25) is 0 Å². The molecule has 0 amide bonds. The fourth-order valence-corrected chi connectivity index (χ4v) is 2.55. The number of rotatable bonds is 5. The number of ether oxygens (including phenoxy) is 1. The van der Waals surface area contributed by atoms with Gasteiger partial charge in [0.25, 0.3) is 0 Å². The van der Waals surface area contributed by atoms with E-state index in [0.29, 0.717) is 5.54 Å². The quantitative estimate of drug-likeness (QED) is 0.631. The molecule has 84 valence electrons. The Balaban J connectivity index is 2.53. The molecule has 1 rings (SSSR count). The highest BCUT2D eigenvalue weighted by molar-refractivity contribution is 4.87. The third kappa shape index (κ3) is 2.96. The summed E-state index contributed by atoms with van der Waals surface area (Å²) < 4.78 is 5.30. The molecule has 1 saturated carbocycles. The zero-order valence-electron chi connectivity index (χ0n) is 10.0. The van der Waals surface area contributed by atoms with E-state index in [1.54, 1.807) is 7.11 Å². The van der Waals surface area contributed by atoms with Crippen molar-refractivity contribution in [3.05, 3.63) is 0 Å². The maximum Gasteiger partial charge on any atom is 0.0990 e. The molecule has 0 spiro atoms. The molecule has 0 radical (unpaired) electrons. The summed E-state index contributed by atoms with van der Waals surface area (Å²) in [6.07, 6.45) is 8.11. The van der Waals surface area contributed by atoms with Crippen LogP contribution >= 0.6 is 0 Å². The molecule has 2 nitrogen and oxygen atoms in total. The van der Waals surface area contributed by atoms with E-state index in [4.69, 9.17) is 4.74 Å². The van der Waals surface area contributed by atoms with E-state index in [2.05, 4.69) is 18.7 Å². The molecule has 0 aromatic rings. The van der Waals surface area contributed by atoms with Crippen LogP contribution in [-0.2, 0) is 4.74 Å². The Hall–Kier alpha value is -0.0800. The fourth-order valence-electron chi connectivity index (χ4n) is 2.55. The Morgan fingerprint density at radius 2 is 1.86 bits per heavy atom. The largest absolute Gasteiger partial charge is 0.369 e. The van der Waals surface area contributed by atoms with E-state index in [1.807, 2.05) is 0 Å². The van der Waals surface area contributed by atoms with Crippen LogP contribution in [0.3, 0.4) is 0 Å². The van der Waals surface area contributed by atoms with Crippen molar-refractivity contribution >= 4 is 0 Å². The standard InChI is InChI=1S/C12H25NO/c1-4-10-13(11-14-3)12(2)8-6-5-7-9-12/h4-11H2,1-3H3. The van der Waals surface area contributed by atoms with Gasteiger partial charge in [0.1, 0.15) is 0 Å². The highest BCUT2D eigenvalue weighted by Gasteiger charge is 2.32. The normalized spacial score (nSPS) is 21.4. The van der Waals surface area contributed by atoms with Gasteiger partial charge < -0.3 is 4.74 Å². The second-order valence-electron chi connectivity index (χ2n) is 4.74. The summed E-state index contributed by atoms with van der Waals surface area (Å²) in [4.78, 5) is 2.52. The first-order chi connectivity index (χ1) is 6.73. The van der Waals surface area contributed by atoms with Crippen LogP contribution in [0.4, 0.5) is 0 Å². The summed E-state index contributed by atoms with van der Waals surface area (Å²) >= 11 is 0. The van der Waals surface area contributed by atoms with E-state index in [-0.39, 0.29) is 0 Å². The monoisotopic (exact) mass is 199 g/mol. The van der Waals surface area contributed by atoms with Crippen LogP contribution < -0.4 is 0 Å². The lowest BCUT2D eigenvalue weighted by atomic mass is 9.82. The smallest absolute Gasteiger partial charge is 0.0990 e. The lowest BCUT2D eigenvalue weighted by molar-refractivity contribution is -0.0264. The van der Waals surface area contributed by atoms with Gasteiger partial charge >= 0.3 is 0 Å². The summed E-state index contributed by atoms with van der Waals surface area (Å²) in [6.45, 7) is 6.62. The molecule has 2 heteroatoms. The predicted octanol–water partition coefficient (Wildman–Crippen LogP) is 3.03. The molecule has 0 heterocycles. The Morgan fingerprint density at radius 3 is 2.36 bits per heavy atom. The van der Waals surface area contributed by atoms with Crippen molar-refractivity contribution < 1.29 is 4.74 Å². The van der Waals surface area contributed by atoms with Gasteiger partial charge in [-0.3, -0.25) is 4.90 Å². The molecule has 0 bridgehead atoms. The van der Waals surface area contributed by atoms with E-state index in [9.17, 15) is 0 Å². The summed E-state index contributed by atoms with van der Waals surface area (Å²) in [5, 5.41) is 0. The summed E-state index contributed by atoms with van der Waals surface area (Å²) in [6, 6.07) is 0. The molecular formula is C12H25NO. The number of hydrogen-bond acceptors (Lipinski definition) is 2. The summed E-state index contributed by atoms with van der Waals surface area (Å²) in [5.41, 5.74) is 0.407. The Morgan fingerprint density at radius 1 is 1.21 bits per heavy atom. The van der Waals surface area contributed by atoms with Crippen LogP contribution in [0, 0.1) is 0 Å². The molecule has 0 aromatic carbocycles. The van der Waals surface area contributed by atoms with Crippen molar-refractivity contribution in [2.24, 2.45) is 0 Å². The number of hydrogen-bond donors (Lipinski definition) is 0. The molecule has 1 aliphatic rings. The average Bonchev–Trinajstić information content (AvgIpc) is 2.19. The highest BCUT2D eigenvalue weighted by Crippen LogP contribution is 2.33. The maximum absolute atomic E-state index is 5.30. The third-order valence-corrected chi connectivity index (χ3v) is 3.47. The molecular weight excluding hydrogens is 174 g/mol. The average molecular weight is 199 g/mol. The van der Waals surface area contributed by atoms with Crippen LogP contribution in [-0.4, -0.2) is 30.8 Å². The van der Waals surface area contributed by atoms with E-state index in [0.717, 1.165) is 6.73 Å². The molecule has 14 heavy (non-hydrogen) atoms. The lowest BCUT2D eigenvalue weighted by Crippen LogP contribution is -2.48. The van der Waals surface area contributed by atoms with Crippen LogP contribution in [0.1, 0.15) is 52.4 Å². The van der Waals surface area contributed by atoms with Gasteiger partial charge in [0.2, 0.25) is 0 Å². The predicted molar refractivity (Wildman–Crippen MR) is 60.4 cm³/mol. The van der Waals surface area contributed by atoms with Crippen molar-refractivity contribution in [2.75, 3.05) is 20.4 Å². The molecule has 1 fully saturated rings. The minimum absolute atomic E-state index is 0.407. The molecule has 0 saturated heterocycles. The second kappa shape index (κ2) is 5.72. The van der Waals surface area contributed by atoms with Crippen molar-refractivity contribution in [3.63, 3.8) is 0 Å². The van der Waals surface area contributed by atoms with Gasteiger partial charge in [0.15, 0.2) is 0 Å². The number of methoxy groups -OCH3 is 1. The van der Waals surface area contributed by atoms with Crippen molar-refractivity contribution in [1.29, 1.82) is 0 Å². The van der Waals surface area contributed by atoms with Gasteiger partial charge in [-0.05, 0) is 26.2 Å². The van der Waals surface area contributed by atoms with Gasteiger partial charge in [-0.1, -0.05) is 26.2 Å². The van der Waals surface area contributed by atoms with Gasteiger partial charge in [-0.2, -0.15) is 0 Å². The molecule has 0 aliphatic heterocycles. The second-order valence-corrected chi connectivity index (χ2v) is 4.74. The van der Waals surface area contributed by atoms with Gasteiger partial charge in [-0.25, -0.2) is 0 Å². The molecule has 0 atom stereocenters. The Bertz CT molecular complexity index is 146. The first kappa shape index (κ1) is 12.0. The van der Waals surface area contributed by atoms with Crippen LogP contribution in [0.15, 0.2) is 0 Å². The van der Waals surface area contributed by atoms with Crippen LogP contribution in [0.25, 0.3) is 0 Å². The molecule has 0 N–H and O–H groups in total. The summed E-state index contributed by atoms with van der Waals surface area (Å²) in [7, 11) is 1.80.